The van der Waals surface area contributed by atoms with E-state index in [0.717, 1.165) is 0 Å². The molecule has 0 fully saturated rings. The molecule has 0 aromatic carbocycles. The molecule has 17 heavy (non-hydrogen) atoms. The number of ether oxygens (including phenoxy) is 2. The molecular formula is C11H13ClO5. The summed E-state index contributed by atoms with van der Waals surface area (Å²) in [5.41, 5.74) is 0.568. The second-order valence-corrected chi connectivity index (χ2v) is 3.46. The number of furan rings is 1. The van der Waals surface area contributed by atoms with Crippen LogP contribution in [0.1, 0.15) is 35.7 Å². The first kappa shape index (κ1) is 13.6. The van der Waals surface area contributed by atoms with Crippen LogP contribution in [0.4, 0.5) is 0 Å². The minimum absolute atomic E-state index is 0.0281. The maximum absolute atomic E-state index is 11.4. The average molecular weight is 261 g/mol. The number of halogens is 1. The molecule has 0 spiro atoms. The van der Waals surface area contributed by atoms with Crippen LogP contribution >= 0.6 is 11.6 Å². The maximum Gasteiger partial charge on any atom is 0.374 e. The number of carbonyl (C=O) groups is 2. The maximum atomic E-state index is 11.4. The smallest absolute Gasteiger partial charge is 0.374 e. The molecule has 0 atom stereocenters. The Kier molecular flexibility index (Phi) is 5.03. The largest absolute Gasteiger partial charge is 0.461 e. The second kappa shape index (κ2) is 6.30. The topological polar surface area (TPSA) is 65.7 Å². The lowest BCUT2D eigenvalue weighted by molar-refractivity contribution is -0.142. The van der Waals surface area contributed by atoms with E-state index in [0.29, 0.717) is 11.3 Å². The van der Waals surface area contributed by atoms with E-state index in [1.165, 1.54) is 13.0 Å². The van der Waals surface area contributed by atoms with Crippen molar-refractivity contribution in [2.75, 3.05) is 6.61 Å². The molecule has 0 N–H and O–H groups in total. The van der Waals surface area contributed by atoms with Gasteiger partial charge in [0.25, 0.3) is 0 Å². The van der Waals surface area contributed by atoms with Gasteiger partial charge in [0.1, 0.15) is 12.4 Å². The fourth-order valence-electron chi connectivity index (χ4n) is 1.18. The minimum atomic E-state index is -0.562. The molecule has 5 nitrogen and oxygen atoms in total. The summed E-state index contributed by atoms with van der Waals surface area (Å²) >= 11 is 5.66. The number of hydrogen-bond acceptors (Lipinski definition) is 5. The molecule has 0 amide bonds. The van der Waals surface area contributed by atoms with E-state index in [4.69, 9.17) is 25.5 Å². The van der Waals surface area contributed by atoms with Crippen molar-refractivity contribution in [3.63, 3.8) is 0 Å². The number of rotatable bonds is 5. The van der Waals surface area contributed by atoms with E-state index >= 15 is 0 Å². The van der Waals surface area contributed by atoms with Gasteiger partial charge in [0.2, 0.25) is 5.76 Å². The van der Waals surface area contributed by atoms with Crippen molar-refractivity contribution in [1.29, 1.82) is 0 Å². The highest BCUT2D eigenvalue weighted by Gasteiger charge is 2.17. The molecule has 6 heteroatoms. The molecule has 1 rings (SSSR count). The van der Waals surface area contributed by atoms with Gasteiger partial charge in [-0.1, -0.05) is 0 Å². The fourth-order valence-corrected chi connectivity index (χ4v) is 1.41. The summed E-state index contributed by atoms with van der Waals surface area (Å²) in [7, 11) is 0. The van der Waals surface area contributed by atoms with Gasteiger partial charge in [-0.25, -0.2) is 4.79 Å². The summed E-state index contributed by atoms with van der Waals surface area (Å²) in [6, 6.07) is 1.47. The van der Waals surface area contributed by atoms with Crippen molar-refractivity contribution < 1.29 is 23.5 Å². The van der Waals surface area contributed by atoms with Gasteiger partial charge in [0.05, 0.1) is 12.5 Å². The molecule has 0 unspecified atom stereocenters. The van der Waals surface area contributed by atoms with E-state index < -0.39 is 11.9 Å². The third kappa shape index (κ3) is 3.78. The lowest BCUT2D eigenvalue weighted by Gasteiger charge is -1.99. The van der Waals surface area contributed by atoms with E-state index in [1.54, 1.807) is 6.92 Å². The Morgan fingerprint density at radius 3 is 2.65 bits per heavy atom. The molecule has 94 valence electrons. The normalized spacial score (nSPS) is 10.1. The SMILES string of the molecule is CCOC(=O)c1cc(COC(C)=O)c(CCl)o1. The molecule has 0 saturated heterocycles. The van der Waals surface area contributed by atoms with Crippen LogP contribution in [-0.4, -0.2) is 18.5 Å². The predicted octanol–water partition coefficient (Wildman–Crippen LogP) is 2.26. The lowest BCUT2D eigenvalue weighted by Crippen LogP contribution is -2.03. The molecule has 0 saturated carbocycles. The predicted molar refractivity (Wildman–Crippen MR) is 59.7 cm³/mol. The Morgan fingerprint density at radius 2 is 2.12 bits per heavy atom. The zero-order valence-corrected chi connectivity index (χ0v) is 10.4. The zero-order chi connectivity index (χ0) is 12.8. The second-order valence-electron chi connectivity index (χ2n) is 3.19. The van der Waals surface area contributed by atoms with Gasteiger partial charge in [-0.3, -0.25) is 4.79 Å². The first-order valence-corrected chi connectivity index (χ1v) is 5.60. The Morgan fingerprint density at radius 1 is 1.41 bits per heavy atom. The summed E-state index contributed by atoms with van der Waals surface area (Å²) in [5, 5.41) is 0. The number of carbonyl (C=O) groups excluding carboxylic acids is 2. The van der Waals surface area contributed by atoms with E-state index in [2.05, 4.69) is 0 Å². The van der Waals surface area contributed by atoms with Crippen molar-refractivity contribution in [2.45, 2.75) is 26.3 Å². The van der Waals surface area contributed by atoms with Crippen LogP contribution in [0.5, 0.6) is 0 Å². The Hall–Kier alpha value is -1.49. The lowest BCUT2D eigenvalue weighted by atomic mass is 10.2. The van der Waals surface area contributed by atoms with Crippen LogP contribution in [-0.2, 0) is 26.8 Å². The molecule has 0 aliphatic heterocycles. The van der Waals surface area contributed by atoms with Crippen molar-refractivity contribution in [1.82, 2.24) is 0 Å². The minimum Gasteiger partial charge on any atom is -0.461 e. The van der Waals surface area contributed by atoms with Crippen molar-refractivity contribution in [3.05, 3.63) is 23.2 Å². The van der Waals surface area contributed by atoms with E-state index in [1.807, 2.05) is 0 Å². The first-order valence-electron chi connectivity index (χ1n) is 5.06. The standard InChI is InChI=1S/C11H13ClO5/c1-3-15-11(14)9-4-8(6-16-7(2)13)10(5-12)17-9/h4H,3,5-6H2,1-2H3. The Bertz CT molecular complexity index is 410. The molecule has 0 radical (unpaired) electrons. The average Bonchev–Trinajstić information content (AvgIpc) is 2.69. The van der Waals surface area contributed by atoms with Crippen molar-refractivity contribution in [3.8, 4) is 0 Å². The van der Waals surface area contributed by atoms with Gasteiger partial charge in [-0.05, 0) is 13.0 Å². The van der Waals surface area contributed by atoms with Gasteiger partial charge in [0, 0.05) is 12.5 Å². The van der Waals surface area contributed by atoms with Gasteiger partial charge < -0.3 is 13.9 Å². The van der Waals surface area contributed by atoms with Gasteiger partial charge in [-0.15, -0.1) is 11.6 Å². The summed E-state index contributed by atoms with van der Waals surface area (Å²) in [4.78, 5) is 22.1. The quantitative estimate of drug-likeness (QED) is 0.600. The molecule has 0 aliphatic rings. The monoisotopic (exact) mass is 260 g/mol. The van der Waals surface area contributed by atoms with Crippen LogP contribution in [0, 0.1) is 0 Å². The molecule has 1 aromatic heterocycles. The zero-order valence-electron chi connectivity index (χ0n) is 9.62. The number of alkyl halides is 1. The van der Waals surface area contributed by atoms with Crippen LogP contribution < -0.4 is 0 Å². The first-order chi connectivity index (χ1) is 8.08. The van der Waals surface area contributed by atoms with Gasteiger partial charge in [-0.2, -0.15) is 0 Å². The molecule has 0 aliphatic carbocycles. The van der Waals surface area contributed by atoms with E-state index in [9.17, 15) is 9.59 Å². The van der Waals surface area contributed by atoms with E-state index in [-0.39, 0.29) is 24.9 Å². The third-order valence-corrected chi connectivity index (χ3v) is 2.17. The Balaban J connectivity index is 2.82. The van der Waals surface area contributed by atoms with Crippen LogP contribution in [0.15, 0.2) is 10.5 Å². The highest BCUT2D eigenvalue weighted by atomic mass is 35.5. The third-order valence-electron chi connectivity index (χ3n) is 1.93. The highest BCUT2D eigenvalue weighted by Crippen LogP contribution is 2.19. The highest BCUT2D eigenvalue weighted by molar-refractivity contribution is 6.16. The van der Waals surface area contributed by atoms with Crippen LogP contribution in [0.25, 0.3) is 0 Å². The molecule has 1 aromatic rings. The Labute approximate surface area is 104 Å². The summed E-state index contributed by atoms with van der Waals surface area (Å²) in [5.74, 6) is -0.423. The summed E-state index contributed by atoms with van der Waals surface area (Å²) in [6.07, 6.45) is 0. The molecule has 0 bridgehead atoms. The van der Waals surface area contributed by atoms with Gasteiger partial charge >= 0.3 is 11.9 Å². The summed E-state index contributed by atoms with van der Waals surface area (Å²) in [6.45, 7) is 3.28. The van der Waals surface area contributed by atoms with Crippen molar-refractivity contribution in [2.24, 2.45) is 0 Å². The number of esters is 2. The molecular weight excluding hydrogens is 248 g/mol. The van der Waals surface area contributed by atoms with Gasteiger partial charge in [0.15, 0.2) is 0 Å². The fraction of sp³-hybridized carbons (Fsp3) is 0.455. The number of hydrogen-bond donors (Lipinski definition) is 0. The summed E-state index contributed by atoms with van der Waals surface area (Å²) < 4.78 is 14.8. The molecule has 1 heterocycles. The van der Waals surface area contributed by atoms with Crippen molar-refractivity contribution >= 4 is 23.5 Å². The van der Waals surface area contributed by atoms with Crippen LogP contribution in [0.2, 0.25) is 0 Å². The van der Waals surface area contributed by atoms with Crippen LogP contribution in [0.3, 0.4) is 0 Å².